The number of carbonyl (C=O) groups is 1. The Morgan fingerprint density at radius 2 is 1.12 bits per heavy atom. The standard InChI is InChI=1S/C13H10O3.Ca.2H/c14-13(15-11-7-3-1-4-8-11)16-12-9-5-2-6-10-12;;;/h1-10H;;;/q;+2;2*-1. The maximum absolute atomic E-state index is 11.3. The molecule has 0 saturated heterocycles. The number of rotatable bonds is 2. The summed E-state index contributed by atoms with van der Waals surface area (Å²) in [4.78, 5) is 11.3. The third kappa shape index (κ3) is 4.77. The van der Waals surface area contributed by atoms with Crippen molar-refractivity contribution >= 4 is 43.9 Å². The smallest absolute Gasteiger partial charge is 1.00 e. The van der Waals surface area contributed by atoms with Crippen molar-refractivity contribution in [1.82, 2.24) is 0 Å². The van der Waals surface area contributed by atoms with E-state index in [4.69, 9.17) is 9.47 Å². The first-order chi connectivity index (χ1) is 7.84. The maximum atomic E-state index is 11.3. The van der Waals surface area contributed by atoms with Gasteiger partial charge >= 0.3 is 43.9 Å². The summed E-state index contributed by atoms with van der Waals surface area (Å²) >= 11 is 0. The molecule has 0 unspecified atom stereocenters. The van der Waals surface area contributed by atoms with E-state index in [0.29, 0.717) is 11.5 Å². The van der Waals surface area contributed by atoms with Crippen LogP contribution in [0.5, 0.6) is 11.5 Å². The zero-order valence-corrected chi connectivity index (χ0v) is 11.4. The molecular weight excluding hydrogens is 244 g/mol. The van der Waals surface area contributed by atoms with Crippen molar-refractivity contribution < 1.29 is 17.1 Å². The first-order valence-electron chi connectivity index (χ1n) is 4.84. The predicted octanol–water partition coefficient (Wildman–Crippen LogP) is 3.11. The second-order valence-electron chi connectivity index (χ2n) is 3.08. The quantitative estimate of drug-likeness (QED) is 0.470. The van der Waals surface area contributed by atoms with Crippen molar-refractivity contribution in [3.63, 3.8) is 0 Å². The summed E-state index contributed by atoms with van der Waals surface area (Å²) in [7, 11) is 0. The van der Waals surface area contributed by atoms with Gasteiger partial charge in [0, 0.05) is 0 Å². The van der Waals surface area contributed by atoms with Gasteiger partial charge in [-0.2, -0.15) is 0 Å². The van der Waals surface area contributed by atoms with Crippen molar-refractivity contribution in [1.29, 1.82) is 0 Å². The minimum atomic E-state index is -0.739. The van der Waals surface area contributed by atoms with Crippen LogP contribution in [0.4, 0.5) is 4.79 Å². The third-order valence-electron chi connectivity index (χ3n) is 1.89. The molecule has 0 fully saturated rings. The van der Waals surface area contributed by atoms with E-state index in [1.165, 1.54) is 0 Å². The molecule has 0 atom stereocenters. The van der Waals surface area contributed by atoms with Crippen LogP contribution in [0, 0.1) is 0 Å². The van der Waals surface area contributed by atoms with Gasteiger partial charge in [-0.15, -0.1) is 0 Å². The summed E-state index contributed by atoms with van der Waals surface area (Å²) in [6.07, 6.45) is -0.739. The average molecular weight is 256 g/mol. The van der Waals surface area contributed by atoms with E-state index in [0.717, 1.165) is 0 Å². The van der Waals surface area contributed by atoms with E-state index in [1.807, 2.05) is 12.1 Å². The summed E-state index contributed by atoms with van der Waals surface area (Å²) in [5, 5.41) is 0. The fourth-order valence-corrected chi connectivity index (χ4v) is 1.19. The van der Waals surface area contributed by atoms with Crippen LogP contribution in [-0.4, -0.2) is 43.9 Å². The van der Waals surface area contributed by atoms with Gasteiger partial charge in [0.15, 0.2) is 0 Å². The Hall–Kier alpha value is -1.03. The molecule has 0 bridgehead atoms. The van der Waals surface area contributed by atoms with E-state index in [-0.39, 0.29) is 40.6 Å². The minimum absolute atomic E-state index is 0. The monoisotopic (exact) mass is 256 g/mol. The Labute approximate surface area is 132 Å². The van der Waals surface area contributed by atoms with Gasteiger partial charge in [0.2, 0.25) is 0 Å². The normalized spacial score (nSPS) is 8.94. The van der Waals surface area contributed by atoms with Gasteiger partial charge in [-0.05, 0) is 24.3 Å². The SMILES string of the molecule is O=C(Oc1ccccc1)Oc1ccccc1.[Ca+2].[H-].[H-]. The van der Waals surface area contributed by atoms with Gasteiger partial charge in [-0.3, -0.25) is 0 Å². The van der Waals surface area contributed by atoms with Crippen molar-refractivity contribution in [2.75, 3.05) is 0 Å². The van der Waals surface area contributed by atoms with Crippen LogP contribution in [0.2, 0.25) is 0 Å². The fourth-order valence-electron chi connectivity index (χ4n) is 1.19. The minimum Gasteiger partial charge on any atom is -1.00 e. The van der Waals surface area contributed by atoms with E-state index < -0.39 is 6.16 Å². The van der Waals surface area contributed by atoms with Gasteiger partial charge in [0.05, 0.1) is 0 Å². The number of hydrogen-bond acceptors (Lipinski definition) is 3. The molecule has 2 aromatic carbocycles. The molecule has 0 spiro atoms. The number of benzene rings is 2. The molecule has 84 valence electrons. The van der Waals surface area contributed by atoms with Crippen molar-refractivity contribution in [2.45, 2.75) is 0 Å². The van der Waals surface area contributed by atoms with Crippen LogP contribution < -0.4 is 9.47 Å². The topological polar surface area (TPSA) is 35.5 Å². The van der Waals surface area contributed by atoms with Crippen LogP contribution in [0.1, 0.15) is 2.85 Å². The van der Waals surface area contributed by atoms with E-state index in [1.54, 1.807) is 48.5 Å². The van der Waals surface area contributed by atoms with Crippen molar-refractivity contribution in [3.8, 4) is 11.5 Å². The second-order valence-corrected chi connectivity index (χ2v) is 3.08. The Morgan fingerprint density at radius 3 is 1.47 bits per heavy atom. The molecule has 3 nitrogen and oxygen atoms in total. The maximum Gasteiger partial charge on any atom is 2.00 e. The summed E-state index contributed by atoms with van der Waals surface area (Å²) < 4.78 is 9.91. The summed E-state index contributed by atoms with van der Waals surface area (Å²) in [6, 6.07) is 17.6. The van der Waals surface area contributed by atoms with Crippen LogP contribution in [-0.2, 0) is 0 Å². The fraction of sp³-hybridized carbons (Fsp3) is 0. The number of hydrogen-bond donors (Lipinski definition) is 0. The Balaban J connectivity index is 0. The molecular formula is C13H12CaO3. The zero-order chi connectivity index (χ0) is 11.2. The molecule has 4 heteroatoms. The molecule has 2 aromatic rings. The molecule has 0 amide bonds. The molecule has 0 aliphatic rings. The second kappa shape index (κ2) is 7.33. The summed E-state index contributed by atoms with van der Waals surface area (Å²) in [6.45, 7) is 0. The Bertz CT molecular complexity index is 422. The third-order valence-corrected chi connectivity index (χ3v) is 1.89. The largest absolute Gasteiger partial charge is 2.00 e. The van der Waals surface area contributed by atoms with Gasteiger partial charge in [0.1, 0.15) is 11.5 Å². The van der Waals surface area contributed by atoms with Crippen LogP contribution >= 0.6 is 0 Å². The Morgan fingerprint density at radius 1 is 0.765 bits per heavy atom. The number of ether oxygens (including phenoxy) is 2. The van der Waals surface area contributed by atoms with E-state index >= 15 is 0 Å². The van der Waals surface area contributed by atoms with Crippen molar-refractivity contribution in [2.24, 2.45) is 0 Å². The van der Waals surface area contributed by atoms with Gasteiger partial charge in [-0.1, -0.05) is 36.4 Å². The van der Waals surface area contributed by atoms with E-state index in [9.17, 15) is 4.79 Å². The van der Waals surface area contributed by atoms with Crippen LogP contribution in [0.25, 0.3) is 0 Å². The molecule has 0 radical (unpaired) electrons. The van der Waals surface area contributed by atoms with E-state index in [2.05, 4.69) is 0 Å². The van der Waals surface area contributed by atoms with Gasteiger partial charge < -0.3 is 12.3 Å². The summed E-state index contributed by atoms with van der Waals surface area (Å²) in [5.74, 6) is 0.923. The molecule has 0 aliphatic heterocycles. The predicted molar refractivity (Wildman–Crippen MR) is 67.5 cm³/mol. The molecule has 17 heavy (non-hydrogen) atoms. The molecule has 0 saturated carbocycles. The zero-order valence-electron chi connectivity index (χ0n) is 11.2. The molecule has 2 rings (SSSR count). The first-order valence-corrected chi connectivity index (χ1v) is 4.84. The first kappa shape index (κ1) is 14.0. The number of carbonyl (C=O) groups excluding carboxylic acids is 1. The molecule has 0 aliphatic carbocycles. The average Bonchev–Trinajstić information content (AvgIpc) is 2.31. The molecule has 0 N–H and O–H groups in total. The van der Waals surface area contributed by atoms with Gasteiger partial charge in [0.25, 0.3) is 0 Å². The molecule has 0 heterocycles. The summed E-state index contributed by atoms with van der Waals surface area (Å²) in [5.41, 5.74) is 0. The number of para-hydroxylation sites is 2. The van der Waals surface area contributed by atoms with Crippen LogP contribution in [0.3, 0.4) is 0 Å². The van der Waals surface area contributed by atoms with Crippen LogP contribution in [0.15, 0.2) is 60.7 Å². The van der Waals surface area contributed by atoms with Crippen molar-refractivity contribution in [3.05, 3.63) is 60.7 Å². The molecule has 0 aromatic heterocycles. The Kier molecular flexibility index (Phi) is 6.05. The van der Waals surface area contributed by atoms with Gasteiger partial charge in [-0.25, -0.2) is 4.79 Å².